The van der Waals surface area contributed by atoms with E-state index < -0.39 is 0 Å². The Labute approximate surface area is 217 Å². The number of aromatic nitrogens is 3. The van der Waals surface area contributed by atoms with E-state index in [9.17, 15) is 0 Å². The van der Waals surface area contributed by atoms with Gasteiger partial charge in [0.2, 0.25) is 0 Å². The van der Waals surface area contributed by atoms with Gasteiger partial charge in [-0.3, -0.25) is 0 Å². The predicted octanol–water partition coefficient (Wildman–Crippen LogP) is 7.57. The molecule has 0 aliphatic heterocycles. The largest absolute Gasteiger partial charge is 0.240 e. The van der Waals surface area contributed by atoms with Crippen molar-refractivity contribution in [1.29, 1.82) is 0 Å². The van der Waals surface area contributed by atoms with Gasteiger partial charge in [0.25, 0.3) is 0 Å². The highest BCUT2D eigenvalue weighted by Gasteiger charge is 2.11. The maximum absolute atomic E-state index is 6.41. The van der Waals surface area contributed by atoms with Crippen LogP contribution in [-0.4, -0.2) is 27.2 Å². The first-order valence-corrected chi connectivity index (χ1v) is 12.2. The van der Waals surface area contributed by atoms with E-state index in [1.54, 1.807) is 12.4 Å². The molecule has 5 rings (SSSR count). The minimum Gasteiger partial charge on any atom is -0.240 e. The van der Waals surface area contributed by atoms with Crippen LogP contribution < -0.4 is 0 Å². The fraction of sp³-hybridized carbons (Fsp3) is 0.0714. The van der Waals surface area contributed by atoms with Crippen LogP contribution in [0.2, 0.25) is 5.15 Å². The summed E-state index contributed by atoms with van der Waals surface area (Å²) < 4.78 is 2.85. The number of halogens is 2. The molecular formula is C28H21BrClN5. The molecule has 0 fully saturated rings. The summed E-state index contributed by atoms with van der Waals surface area (Å²) in [5, 5.41) is 14.8. The molecule has 0 saturated carbocycles. The lowest BCUT2D eigenvalue weighted by Crippen LogP contribution is -1.93. The zero-order chi connectivity index (χ0) is 24.4. The molecular weight excluding hydrogens is 522 g/mol. The number of hydrogen-bond acceptors (Lipinski definition) is 4. The second-order valence-corrected chi connectivity index (χ2v) is 9.48. The molecule has 172 valence electrons. The molecule has 2 aromatic heterocycles. The quantitative estimate of drug-likeness (QED) is 0.131. The summed E-state index contributed by atoms with van der Waals surface area (Å²) in [4.78, 5) is 4.52. The van der Waals surface area contributed by atoms with Crippen molar-refractivity contribution < 1.29 is 0 Å². The van der Waals surface area contributed by atoms with E-state index >= 15 is 0 Å². The van der Waals surface area contributed by atoms with Crippen LogP contribution in [0.5, 0.6) is 0 Å². The van der Waals surface area contributed by atoms with Crippen LogP contribution in [0.3, 0.4) is 0 Å². The zero-order valence-electron chi connectivity index (χ0n) is 19.2. The predicted molar refractivity (Wildman–Crippen MR) is 148 cm³/mol. The Hall–Kier alpha value is -3.61. The first-order valence-electron chi connectivity index (χ1n) is 11.0. The fourth-order valence-corrected chi connectivity index (χ4v) is 4.20. The maximum atomic E-state index is 6.41. The topological polar surface area (TPSA) is 55.4 Å². The van der Waals surface area contributed by atoms with Crippen molar-refractivity contribution in [1.82, 2.24) is 14.8 Å². The summed E-state index contributed by atoms with van der Waals surface area (Å²) in [7, 11) is 0. The van der Waals surface area contributed by atoms with Crippen LogP contribution in [0.25, 0.3) is 27.8 Å². The molecule has 0 spiro atoms. The lowest BCUT2D eigenvalue weighted by Gasteiger charge is -2.05. The molecule has 0 unspecified atom stereocenters. The second-order valence-electron chi connectivity index (χ2n) is 8.21. The van der Waals surface area contributed by atoms with E-state index in [1.807, 2.05) is 77.6 Å². The van der Waals surface area contributed by atoms with E-state index in [2.05, 4.69) is 51.0 Å². The van der Waals surface area contributed by atoms with Crippen molar-refractivity contribution >= 4 is 50.9 Å². The zero-order valence-corrected chi connectivity index (χ0v) is 21.5. The lowest BCUT2D eigenvalue weighted by molar-refractivity contribution is 0.884. The highest BCUT2D eigenvalue weighted by Crippen LogP contribution is 2.25. The summed E-state index contributed by atoms with van der Waals surface area (Å²) in [6.07, 6.45) is 5.28. The van der Waals surface area contributed by atoms with E-state index in [-0.39, 0.29) is 0 Å². The standard InChI is InChI=1S/C28H21BrClN5/c1-18-12-21-14-22(28(30)33-26(21)13-19(18)2)15-31-32-16-23-17-35(25-6-4-3-5-7-25)34-27(23)20-8-10-24(29)11-9-20/h3-17H,1-2H3/b31-15+,32-16+. The summed E-state index contributed by atoms with van der Waals surface area (Å²) in [6.45, 7) is 4.15. The van der Waals surface area contributed by atoms with Crippen LogP contribution in [0.15, 0.2) is 93.7 Å². The van der Waals surface area contributed by atoms with E-state index in [4.69, 9.17) is 16.7 Å². The van der Waals surface area contributed by atoms with Gasteiger partial charge in [0, 0.05) is 32.7 Å². The normalized spacial score (nSPS) is 11.8. The Bertz CT molecular complexity index is 1570. The van der Waals surface area contributed by atoms with Gasteiger partial charge >= 0.3 is 0 Å². The molecule has 0 radical (unpaired) electrons. The fourth-order valence-electron chi connectivity index (χ4n) is 3.74. The second kappa shape index (κ2) is 9.94. The van der Waals surface area contributed by atoms with Gasteiger partial charge in [-0.1, -0.05) is 57.9 Å². The molecule has 0 amide bonds. The molecule has 5 aromatic rings. The number of para-hydroxylation sites is 1. The van der Waals surface area contributed by atoms with Gasteiger partial charge in [0.1, 0.15) is 10.8 Å². The van der Waals surface area contributed by atoms with Crippen LogP contribution in [0.1, 0.15) is 22.3 Å². The van der Waals surface area contributed by atoms with E-state index in [1.165, 1.54) is 11.1 Å². The van der Waals surface area contributed by atoms with Gasteiger partial charge in [-0.2, -0.15) is 15.3 Å². The summed E-state index contributed by atoms with van der Waals surface area (Å²) in [5.74, 6) is 0. The average molecular weight is 543 g/mol. The SMILES string of the molecule is Cc1cc2cc(/C=N/N=C/c3cn(-c4ccccc4)nc3-c3ccc(Br)cc3)c(Cl)nc2cc1C. The molecule has 3 aromatic carbocycles. The van der Waals surface area contributed by atoms with Gasteiger partial charge in [-0.15, -0.1) is 0 Å². The number of rotatable bonds is 5. The number of hydrogen-bond donors (Lipinski definition) is 0. The molecule has 35 heavy (non-hydrogen) atoms. The Balaban J connectivity index is 1.47. The van der Waals surface area contributed by atoms with Crippen molar-refractivity contribution in [3.05, 3.63) is 111 Å². The van der Waals surface area contributed by atoms with Crippen molar-refractivity contribution in [3.8, 4) is 16.9 Å². The Morgan fingerprint density at radius 3 is 2.29 bits per heavy atom. The van der Waals surface area contributed by atoms with Crippen LogP contribution in [0, 0.1) is 13.8 Å². The lowest BCUT2D eigenvalue weighted by atomic mass is 10.1. The third-order valence-electron chi connectivity index (χ3n) is 5.75. The van der Waals surface area contributed by atoms with Crippen LogP contribution in [-0.2, 0) is 0 Å². The van der Waals surface area contributed by atoms with Crippen molar-refractivity contribution in [2.45, 2.75) is 13.8 Å². The molecule has 0 aliphatic carbocycles. The number of fused-ring (bicyclic) bond motifs is 1. The number of aryl methyl sites for hydroxylation is 2. The molecule has 2 heterocycles. The van der Waals surface area contributed by atoms with Crippen molar-refractivity contribution in [2.24, 2.45) is 10.2 Å². The molecule has 0 saturated heterocycles. The molecule has 5 nitrogen and oxygen atoms in total. The number of pyridine rings is 1. The monoisotopic (exact) mass is 541 g/mol. The first kappa shape index (κ1) is 23.1. The van der Waals surface area contributed by atoms with Crippen molar-refractivity contribution in [3.63, 3.8) is 0 Å². The minimum absolute atomic E-state index is 0.396. The van der Waals surface area contributed by atoms with Gasteiger partial charge in [0.05, 0.1) is 23.6 Å². The summed E-state index contributed by atoms with van der Waals surface area (Å²) >= 11 is 9.90. The van der Waals surface area contributed by atoms with Gasteiger partial charge in [0.15, 0.2) is 0 Å². The van der Waals surface area contributed by atoms with Crippen LogP contribution >= 0.6 is 27.5 Å². The molecule has 7 heteroatoms. The summed E-state index contributed by atoms with van der Waals surface area (Å²) in [6, 6.07) is 24.1. The highest BCUT2D eigenvalue weighted by atomic mass is 79.9. The average Bonchev–Trinajstić information content (AvgIpc) is 3.28. The first-order chi connectivity index (χ1) is 17.0. The van der Waals surface area contributed by atoms with Gasteiger partial charge in [-0.05, 0) is 67.4 Å². The van der Waals surface area contributed by atoms with Crippen LogP contribution in [0.4, 0.5) is 0 Å². The van der Waals surface area contributed by atoms with Gasteiger partial charge in [-0.25, -0.2) is 9.67 Å². The van der Waals surface area contributed by atoms with Gasteiger partial charge < -0.3 is 0 Å². The van der Waals surface area contributed by atoms with Crippen molar-refractivity contribution in [2.75, 3.05) is 0 Å². The number of nitrogens with zero attached hydrogens (tertiary/aromatic N) is 5. The summed E-state index contributed by atoms with van der Waals surface area (Å²) in [5.41, 5.74) is 7.59. The molecule has 0 atom stereocenters. The van der Waals surface area contributed by atoms with E-state index in [0.29, 0.717) is 10.7 Å². The molecule has 0 aliphatic rings. The minimum atomic E-state index is 0.396. The maximum Gasteiger partial charge on any atom is 0.138 e. The molecule has 0 N–H and O–H groups in total. The Kier molecular flexibility index (Phi) is 6.57. The van der Waals surface area contributed by atoms with E-state index in [0.717, 1.165) is 37.9 Å². The Morgan fingerprint density at radius 1 is 0.857 bits per heavy atom. The smallest absolute Gasteiger partial charge is 0.138 e. The third kappa shape index (κ3) is 5.09. The highest BCUT2D eigenvalue weighted by molar-refractivity contribution is 9.10. The Morgan fingerprint density at radius 2 is 1.54 bits per heavy atom. The molecule has 0 bridgehead atoms. The third-order valence-corrected chi connectivity index (χ3v) is 6.58. The number of benzene rings is 3.